The molecule has 2 saturated carbocycles. The fourth-order valence-electron chi connectivity index (χ4n) is 4.93. The summed E-state index contributed by atoms with van der Waals surface area (Å²) in [5.41, 5.74) is 0. The predicted octanol–water partition coefficient (Wildman–Crippen LogP) is 3.44. The number of aliphatic hydroxyl groups excluding tert-OH is 1. The van der Waals surface area contributed by atoms with Crippen molar-refractivity contribution >= 4 is 0 Å². The summed E-state index contributed by atoms with van der Waals surface area (Å²) in [5.74, 6) is 2.34. The van der Waals surface area contributed by atoms with Crippen LogP contribution in [0.2, 0.25) is 0 Å². The van der Waals surface area contributed by atoms with Crippen molar-refractivity contribution in [2.75, 3.05) is 13.1 Å². The molecule has 0 bridgehead atoms. The number of nitrogens with zero attached hydrogens (tertiary/aromatic N) is 1. The van der Waals surface area contributed by atoms with Crippen LogP contribution in [0, 0.1) is 17.8 Å². The lowest BCUT2D eigenvalue weighted by Gasteiger charge is -2.46. The van der Waals surface area contributed by atoms with Gasteiger partial charge in [0.05, 0.1) is 6.10 Å². The number of piperidine rings is 1. The highest BCUT2D eigenvalue weighted by Crippen LogP contribution is 2.37. The van der Waals surface area contributed by atoms with Crippen molar-refractivity contribution in [2.24, 2.45) is 17.8 Å². The van der Waals surface area contributed by atoms with E-state index >= 15 is 0 Å². The largest absolute Gasteiger partial charge is 0.393 e. The molecule has 0 aromatic rings. The Morgan fingerprint density at radius 2 is 1.79 bits per heavy atom. The summed E-state index contributed by atoms with van der Waals surface area (Å²) in [6, 6.07) is 0.854. The van der Waals surface area contributed by atoms with Crippen LogP contribution < -0.4 is 0 Å². The lowest BCUT2D eigenvalue weighted by atomic mass is 9.76. The standard InChI is InChI=1S/C17H31NO/c1-13-8-9-17(19)15(11-13)12-18-10-4-6-14-5-2-3-7-16(14)18/h13-17,19H,2-12H2,1H3/t13?,14-,15?,16-,17?/m1/s1. The molecular formula is C17H31NO. The van der Waals surface area contributed by atoms with Crippen LogP contribution in [0.5, 0.6) is 0 Å². The molecule has 1 aliphatic heterocycles. The van der Waals surface area contributed by atoms with Crippen LogP contribution in [0.3, 0.4) is 0 Å². The first kappa shape index (κ1) is 13.9. The maximum absolute atomic E-state index is 10.3. The third-order valence-corrected chi connectivity index (χ3v) is 6.03. The summed E-state index contributed by atoms with van der Waals surface area (Å²) in [5, 5.41) is 10.3. The summed E-state index contributed by atoms with van der Waals surface area (Å²) in [6.07, 6.45) is 12.1. The van der Waals surface area contributed by atoms with E-state index in [0.29, 0.717) is 5.92 Å². The van der Waals surface area contributed by atoms with Crippen molar-refractivity contribution in [3.63, 3.8) is 0 Å². The molecule has 2 nitrogen and oxygen atoms in total. The minimum absolute atomic E-state index is 0.0276. The molecule has 1 heterocycles. The van der Waals surface area contributed by atoms with Gasteiger partial charge in [0.2, 0.25) is 0 Å². The zero-order chi connectivity index (χ0) is 13.2. The summed E-state index contributed by atoms with van der Waals surface area (Å²) < 4.78 is 0. The highest BCUT2D eigenvalue weighted by Gasteiger charge is 2.36. The van der Waals surface area contributed by atoms with Crippen LogP contribution in [-0.4, -0.2) is 35.2 Å². The molecule has 3 unspecified atom stereocenters. The molecule has 2 aliphatic carbocycles. The van der Waals surface area contributed by atoms with E-state index in [4.69, 9.17) is 0 Å². The van der Waals surface area contributed by atoms with Gasteiger partial charge in [0.25, 0.3) is 0 Å². The molecule has 0 aromatic carbocycles. The monoisotopic (exact) mass is 265 g/mol. The highest BCUT2D eigenvalue weighted by atomic mass is 16.3. The van der Waals surface area contributed by atoms with Crippen molar-refractivity contribution < 1.29 is 5.11 Å². The van der Waals surface area contributed by atoms with Gasteiger partial charge in [-0.3, -0.25) is 4.90 Å². The van der Waals surface area contributed by atoms with Crippen LogP contribution in [0.1, 0.15) is 64.7 Å². The fourth-order valence-corrected chi connectivity index (χ4v) is 4.93. The van der Waals surface area contributed by atoms with E-state index in [1.165, 1.54) is 64.5 Å². The quantitative estimate of drug-likeness (QED) is 0.827. The van der Waals surface area contributed by atoms with E-state index in [-0.39, 0.29) is 6.10 Å². The van der Waals surface area contributed by atoms with Gasteiger partial charge in [0.15, 0.2) is 0 Å². The van der Waals surface area contributed by atoms with Gasteiger partial charge in [0, 0.05) is 12.6 Å². The molecule has 5 atom stereocenters. The van der Waals surface area contributed by atoms with Crippen molar-refractivity contribution in [3.05, 3.63) is 0 Å². The summed E-state index contributed by atoms with van der Waals surface area (Å²) >= 11 is 0. The number of hydrogen-bond acceptors (Lipinski definition) is 2. The second-order valence-corrected chi connectivity index (χ2v) is 7.49. The number of aliphatic hydroxyl groups is 1. The molecule has 1 N–H and O–H groups in total. The SMILES string of the molecule is CC1CCC(O)C(CN2CCC[C@H]3CCCC[C@H]32)C1. The third kappa shape index (κ3) is 3.16. The van der Waals surface area contributed by atoms with E-state index in [2.05, 4.69) is 11.8 Å². The first-order valence-electron chi connectivity index (χ1n) is 8.66. The van der Waals surface area contributed by atoms with Crippen LogP contribution >= 0.6 is 0 Å². The zero-order valence-corrected chi connectivity index (χ0v) is 12.6. The molecule has 3 aliphatic rings. The number of hydrogen-bond donors (Lipinski definition) is 1. The first-order chi connectivity index (χ1) is 9.24. The van der Waals surface area contributed by atoms with Gasteiger partial charge in [-0.2, -0.15) is 0 Å². The van der Waals surface area contributed by atoms with Crippen LogP contribution in [0.25, 0.3) is 0 Å². The van der Waals surface area contributed by atoms with Crippen LogP contribution in [-0.2, 0) is 0 Å². The van der Waals surface area contributed by atoms with Gasteiger partial charge in [-0.1, -0.05) is 19.8 Å². The van der Waals surface area contributed by atoms with Gasteiger partial charge in [-0.05, 0) is 69.2 Å². The average molecular weight is 265 g/mol. The van der Waals surface area contributed by atoms with Gasteiger partial charge < -0.3 is 5.11 Å². The van der Waals surface area contributed by atoms with Gasteiger partial charge in [-0.25, -0.2) is 0 Å². The molecule has 110 valence electrons. The summed E-state index contributed by atoms with van der Waals surface area (Å²) in [6.45, 7) is 4.82. The third-order valence-electron chi connectivity index (χ3n) is 6.03. The number of likely N-dealkylation sites (tertiary alicyclic amines) is 1. The van der Waals surface area contributed by atoms with Gasteiger partial charge in [-0.15, -0.1) is 0 Å². The maximum Gasteiger partial charge on any atom is 0.0580 e. The fraction of sp³-hybridized carbons (Fsp3) is 1.00. The van der Waals surface area contributed by atoms with E-state index in [9.17, 15) is 5.11 Å². The Morgan fingerprint density at radius 1 is 1.00 bits per heavy atom. The van der Waals surface area contributed by atoms with E-state index < -0.39 is 0 Å². The zero-order valence-electron chi connectivity index (χ0n) is 12.6. The average Bonchev–Trinajstić information content (AvgIpc) is 2.43. The Balaban J connectivity index is 1.61. The molecule has 0 aromatic heterocycles. The van der Waals surface area contributed by atoms with Gasteiger partial charge >= 0.3 is 0 Å². The predicted molar refractivity (Wildman–Crippen MR) is 79.1 cm³/mol. The minimum Gasteiger partial charge on any atom is -0.393 e. The van der Waals surface area contributed by atoms with Crippen molar-refractivity contribution in [1.29, 1.82) is 0 Å². The summed E-state index contributed by atoms with van der Waals surface area (Å²) in [4.78, 5) is 2.76. The first-order valence-corrected chi connectivity index (χ1v) is 8.66. The lowest BCUT2D eigenvalue weighted by molar-refractivity contribution is -0.00678. The molecule has 3 fully saturated rings. The topological polar surface area (TPSA) is 23.5 Å². The maximum atomic E-state index is 10.3. The molecule has 0 amide bonds. The Labute approximate surface area is 118 Å². The van der Waals surface area contributed by atoms with Crippen molar-refractivity contribution in [3.8, 4) is 0 Å². The van der Waals surface area contributed by atoms with Crippen LogP contribution in [0.4, 0.5) is 0 Å². The lowest BCUT2D eigenvalue weighted by Crippen LogP contribution is -2.50. The van der Waals surface area contributed by atoms with Gasteiger partial charge in [0.1, 0.15) is 0 Å². The smallest absolute Gasteiger partial charge is 0.0580 e. The second kappa shape index (κ2) is 6.13. The van der Waals surface area contributed by atoms with E-state index in [1.807, 2.05) is 0 Å². The molecule has 0 spiro atoms. The van der Waals surface area contributed by atoms with E-state index in [1.54, 1.807) is 0 Å². The second-order valence-electron chi connectivity index (χ2n) is 7.49. The van der Waals surface area contributed by atoms with Crippen LogP contribution in [0.15, 0.2) is 0 Å². The Kier molecular flexibility index (Phi) is 4.48. The number of rotatable bonds is 2. The highest BCUT2D eigenvalue weighted by molar-refractivity contribution is 4.90. The normalized spacial score (nSPS) is 44.8. The molecule has 3 rings (SSSR count). The molecular weight excluding hydrogens is 234 g/mol. The minimum atomic E-state index is -0.0276. The molecule has 19 heavy (non-hydrogen) atoms. The summed E-state index contributed by atoms with van der Waals surface area (Å²) in [7, 11) is 0. The van der Waals surface area contributed by atoms with E-state index in [0.717, 1.165) is 24.3 Å². The Morgan fingerprint density at radius 3 is 2.68 bits per heavy atom. The van der Waals surface area contributed by atoms with Crippen molar-refractivity contribution in [2.45, 2.75) is 76.9 Å². The molecule has 2 heteroatoms. The molecule has 0 radical (unpaired) electrons. The Bertz CT molecular complexity index is 291. The Hall–Kier alpha value is -0.0800. The number of fused-ring (bicyclic) bond motifs is 1. The van der Waals surface area contributed by atoms with Crippen molar-refractivity contribution in [1.82, 2.24) is 4.90 Å². The molecule has 1 saturated heterocycles.